The molecule has 3 N–H and O–H groups in total. The maximum atomic E-state index is 14.0. The standard InChI is InChI=1S/C25H35N5O2S.C24H31NO3S/c1-16-5-7-17(8-6-16)24(32)30(18-9-11-19(31)12-10-18)21-15-20(13-14-25(2,3)4)33-22(21)23-26-28-29-27-23;1-15-7-11-17(12-8-15)23(26)25(18-13-9-16(2)10-14-18)21-19-5-3-4-6-20(19)29-22(21)24(27)28/h15-19,31H,5-12H2,1-4H3,(H,26,27,28,29);3-6,15-18H,7-14H2,1-2H3,(H,27,28). The highest BCUT2D eigenvalue weighted by Crippen LogP contribution is 2.45. The summed E-state index contributed by atoms with van der Waals surface area (Å²) in [5, 5.41) is 35.7. The molecule has 0 atom stereocenters. The first-order valence-corrected chi connectivity index (χ1v) is 24.8. The van der Waals surface area contributed by atoms with E-state index in [1.54, 1.807) is 0 Å². The maximum Gasteiger partial charge on any atom is 0.348 e. The number of anilines is 2. The Morgan fingerprint density at radius 3 is 1.82 bits per heavy atom. The van der Waals surface area contributed by atoms with Crippen molar-refractivity contribution < 1.29 is 24.6 Å². The summed E-state index contributed by atoms with van der Waals surface area (Å²) in [4.78, 5) is 46.0. The van der Waals surface area contributed by atoms with Gasteiger partial charge in [-0.05, 0) is 159 Å². The van der Waals surface area contributed by atoms with Crippen LogP contribution in [-0.4, -0.2) is 66.8 Å². The first kappa shape index (κ1) is 45.9. The Balaban J connectivity index is 0.000000188. The van der Waals surface area contributed by atoms with E-state index in [4.69, 9.17) is 0 Å². The first-order chi connectivity index (χ1) is 29.7. The Kier molecular flexibility index (Phi) is 14.9. The number of nitrogens with zero attached hydrogens (tertiary/aromatic N) is 5. The first-order valence-electron chi connectivity index (χ1n) is 23.2. The maximum absolute atomic E-state index is 14.0. The number of carboxylic acids is 1. The Hall–Kier alpha value is -4.12. The number of nitrogens with one attached hydrogen (secondary N) is 1. The zero-order valence-corrected chi connectivity index (χ0v) is 39.1. The fourth-order valence-corrected chi connectivity index (χ4v) is 11.9. The van der Waals surface area contributed by atoms with Crippen LogP contribution in [0.5, 0.6) is 0 Å². The molecule has 0 saturated heterocycles. The number of aromatic nitrogens is 4. The van der Waals surface area contributed by atoms with E-state index in [1.807, 2.05) is 40.1 Å². The van der Waals surface area contributed by atoms with Gasteiger partial charge in [-0.15, -0.1) is 32.9 Å². The lowest BCUT2D eigenvalue weighted by atomic mass is 9.81. The Bertz CT molecular complexity index is 2200. The van der Waals surface area contributed by atoms with Crippen LogP contribution in [0, 0.1) is 46.8 Å². The number of thiophene rings is 2. The van der Waals surface area contributed by atoms with Crippen molar-refractivity contribution in [2.75, 3.05) is 9.80 Å². The average Bonchev–Trinajstić information content (AvgIpc) is 4.02. The van der Waals surface area contributed by atoms with Crippen molar-refractivity contribution in [2.45, 2.75) is 162 Å². The third-order valence-electron chi connectivity index (χ3n) is 13.7. The van der Waals surface area contributed by atoms with Crippen LogP contribution < -0.4 is 9.80 Å². The fourth-order valence-electron chi connectivity index (χ4n) is 9.90. The molecule has 8 rings (SSSR count). The number of aromatic carboxylic acids is 1. The van der Waals surface area contributed by atoms with Crippen LogP contribution in [0.4, 0.5) is 11.4 Å². The van der Waals surface area contributed by atoms with Crippen LogP contribution in [0.3, 0.4) is 0 Å². The topological polar surface area (TPSA) is 153 Å². The molecule has 4 aliphatic carbocycles. The van der Waals surface area contributed by atoms with E-state index in [9.17, 15) is 24.6 Å². The van der Waals surface area contributed by atoms with Gasteiger partial charge in [-0.25, -0.2) is 4.79 Å². The van der Waals surface area contributed by atoms with Gasteiger partial charge in [0.25, 0.3) is 0 Å². The van der Waals surface area contributed by atoms with Crippen LogP contribution in [0.25, 0.3) is 20.8 Å². The van der Waals surface area contributed by atoms with Gasteiger partial charge in [-0.2, -0.15) is 5.21 Å². The van der Waals surface area contributed by atoms with E-state index in [1.165, 1.54) is 22.7 Å². The highest BCUT2D eigenvalue weighted by Gasteiger charge is 2.39. The van der Waals surface area contributed by atoms with Crippen LogP contribution in [0.2, 0.25) is 0 Å². The minimum absolute atomic E-state index is 0.0193. The van der Waals surface area contributed by atoms with E-state index >= 15 is 0 Å². The summed E-state index contributed by atoms with van der Waals surface area (Å²) >= 11 is 2.81. The molecule has 3 heterocycles. The fraction of sp³-hybridized carbons (Fsp3) is 0.633. The average molecular weight is 883 g/mol. The molecule has 0 bridgehead atoms. The largest absolute Gasteiger partial charge is 0.477 e. The van der Waals surface area contributed by atoms with Crippen molar-refractivity contribution in [1.29, 1.82) is 0 Å². The zero-order chi connectivity index (χ0) is 44.1. The smallest absolute Gasteiger partial charge is 0.348 e. The lowest BCUT2D eigenvalue weighted by molar-refractivity contribution is -0.125. The number of aromatic amines is 1. The SMILES string of the molecule is CC1CCC(C(=O)N(c2c(C(=O)O)sc3ccccc23)C2CCC(C)CC2)CC1.CC1CCC(C(=O)N(c2cc(C#CC(C)(C)C)sc2-c2nn[nH]n2)C2CCC(O)CC2)CC1. The normalized spacial score (nSPS) is 26.7. The molecule has 334 valence electrons. The van der Waals surface area contributed by atoms with E-state index in [-0.39, 0.29) is 47.3 Å². The third kappa shape index (κ3) is 11.0. The number of benzene rings is 1. The Labute approximate surface area is 375 Å². The molecule has 3 aromatic heterocycles. The van der Waals surface area contributed by atoms with Crippen molar-refractivity contribution >= 4 is 61.9 Å². The number of aliphatic hydroxyl groups excluding tert-OH is 1. The van der Waals surface area contributed by atoms with Crippen LogP contribution in [-0.2, 0) is 9.59 Å². The molecule has 11 nitrogen and oxygen atoms in total. The van der Waals surface area contributed by atoms with Gasteiger partial charge in [0.1, 0.15) is 9.75 Å². The van der Waals surface area contributed by atoms with Crippen molar-refractivity contribution in [3.8, 4) is 22.5 Å². The van der Waals surface area contributed by atoms with Gasteiger partial charge in [-0.3, -0.25) is 9.59 Å². The van der Waals surface area contributed by atoms with E-state index in [2.05, 4.69) is 74.0 Å². The minimum Gasteiger partial charge on any atom is -0.477 e. The molecule has 1 aromatic carbocycles. The zero-order valence-electron chi connectivity index (χ0n) is 37.5. The number of rotatable bonds is 8. The van der Waals surface area contributed by atoms with E-state index in [0.717, 1.165) is 115 Å². The molecule has 4 fully saturated rings. The van der Waals surface area contributed by atoms with Gasteiger partial charge in [0.05, 0.1) is 22.4 Å². The van der Waals surface area contributed by atoms with Gasteiger partial charge in [0, 0.05) is 39.4 Å². The molecule has 0 unspecified atom stereocenters. The van der Waals surface area contributed by atoms with Crippen LogP contribution >= 0.6 is 22.7 Å². The van der Waals surface area contributed by atoms with Gasteiger partial charge in [-0.1, -0.05) is 50.8 Å². The second kappa shape index (κ2) is 20.2. The molecule has 0 radical (unpaired) electrons. The molecule has 4 saturated carbocycles. The van der Waals surface area contributed by atoms with Crippen LogP contribution in [0.1, 0.15) is 159 Å². The van der Waals surface area contributed by atoms with Gasteiger partial charge >= 0.3 is 5.97 Å². The molecule has 4 aromatic rings. The summed E-state index contributed by atoms with van der Waals surface area (Å²) in [6.07, 6.45) is 14.9. The lowest BCUT2D eigenvalue weighted by Crippen LogP contribution is -2.46. The van der Waals surface area contributed by atoms with Crippen molar-refractivity contribution in [1.82, 2.24) is 20.6 Å². The predicted molar refractivity (Wildman–Crippen MR) is 250 cm³/mol. The summed E-state index contributed by atoms with van der Waals surface area (Å²) in [6.45, 7) is 13.1. The highest BCUT2D eigenvalue weighted by atomic mass is 32.1. The molecule has 13 heteroatoms. The number of H-pyrrole nitrogens is 1. The molecule has 62 heavy (non-hydrogen) atoms. The molecular formula is C49H66N6O5S2. The number of aliphatic hydroxyl groups is 1. The second-order valence-electron chi connectivity index (χ2n) is 19.8. The van der Waals surface area contributed by atoms with Gasteiger partial charge in [0.15, 0.2) is 0 Å². The molecule has 0 aliphatic heterocycles. The molecule has 4 aliphatic rings. The minimum atomic E-state index is -0.930. The number of amides is 2. The summed E-state index contributed by atoms with van der Waals surface area (Å²) in [7, 11) is 0. The van der Waals surface area contributed by atoms with E-state index < -0.39 is 5.97 Å². The predicted octanol–water partition coefficient (Wildman–Crippen LogP) is 11.1. The summed E-state index contributed by atoms with van der Waals surface area (Å²) in [5.74, 6) is 8.61. The monoisotopic (exact) mass is 882 g/mol. The van der Waals surface area contributed by atoms with Crippen molar-refractivity contribution in [3.05, 3.63) is 40.1 Å². The number of fused-ring (bicyclic) bond motifs is 1. The summed E-state index contributed by atoms with van der Waals surface area (Å²) < 4.78 is 0.944. The second-order valence-corrected chi connectivity index (χ2v) is 22.0. The quantitative estimate of drug-likeness (QED) is 0.148. The van der Waals surface area contributed by atoms with E-state index in [0.29, 0.717) is 47.0 Å². The number of carboxylic acid groups (broad SMARTS) is 1. The Morgan fingerprint density at radius 2 is 1.27 bits per heavy atom. The molecule has 0 spiro atoms. The number of carbonyl (C=O) groups excluding carboxylic acids is 2. The number of carbonyl (C=O) groups is 3. The van der Waals surface area contributed by atoms with Crippen molar-refractivity contribution in [2.24, 2.45) is 35.0 Å². The van der Waals surface area contributed by atoms with Gasteiger partial charge in [0.2, 0.25) is 17.6 Å². The highest BCUT2D eigenvalue weighted by molar-refractivity contribution is 7.21. The summed E-state index contributed by atoms with van der Waals surface area (Å²) in [5.41, 5.74) is 1.37. The lowest BCUT2D eigenvalue weighted by Gasteiger charge is -2.39. The number of tetrazole rings is 1. The van der Waals surface area contributed by atoms with Crippen molar-refractivity contribution in [3.63, 3.8) is 0 Å². The summed E-state index contributed by atoms with van der Waals surface area (Å²) in [6, 6.07) is 10.0. The number of hydrogen-bond donors (Lipinski definition) is 3. The van der Waals surface area contributed by atoms with Crippen LogP contribution in [0.15, 0.2) is 30.3 Å². The molecule has 2 amide bonds. The Morgan fingerprint density at radius 1 is 0.742 bits per heavy atom. The third-order valence-corrected chi connectivity index (χ3v) is 15.9. The van der Waals surface area contributed by atoms with Gasteiger partial charge < -0.3 is 20.0 Å². The molecular weight excluding hydrogens is 817 g/mol. The number of hydrogen-bond acceptors (Lipinski definition) is 9.